The first-order valence-corrected chi connectivity index (χ1v) is 7.14. The Labute approximate surface area is 118 Å². The van der Waals surface area contributed by atoms with Gasteiger partial charge in [-0.25, -0.2) is 4.98 Å². The summed E-state index contributed by atoms with van der Waals surface area (Å²) in [7, 11) is 0. The number of hydrogen-bond acceptors (Lipinski definition) is 3. The van der Waals surface area contributed by atoms with Crippen LogP contribution in [0.1, 0.15) is 26.1 Å². The minimum absolute atomic E-state index is 0.695. The average Bonchev–Trinajstić information content (AvgIpc) is 2.77. The average molecular weight is 270 g/mol. The number of fused-ring (bicyclic) bond motifs is 3. The van der Waals surface area contributed by atoms with E-state index in [0.717, 1.165) is 46.7 Å². The summed E-state index contributed by atoms with van der Waals surface area (Å²) in [6, 6.07) is 8.01. The number of rotatable bonds is 4. The van der Waals surface area contributed by atoms with Crippen molar-refractivity contribution in [3.63, 3.8) is 0 Å². The normalized spacial score (nSPS) is 11.8. The molecule has 0 radical (unpaired) electrons. The maximum atomic E-state index is 5.94. The number of aryl methyl sites for hydroxylation is 1. The summed E-state index contributed by atoms with van der Waals surface area (Å²) < 4.78 is 5.94. The van der Waals surface area contributed by atoms with Gasteiger partial charge in [0.25, 0.3) is 5.82 Å². The first kappa shape index (κ1) is 13.1. The van der Waals surface area contributed by atoms with E-state index in [1.807, 2.05) is 31.2 Å². The van der Waals surface area contributed by atoms with Crippen LogP contribution in [0, 0.1) is 12.8 Å². The molecule has 4 heteroatoms. The fraction of sp³-hybridized carbons (Fsp3) is 0.375. The van der Waals surface area contributed by atoms with E-state index in [2.05, 4.69) is 29.1 Å². The molecule has 4 nitrogen and oxygen atoms in total. The second-order valence-corrected chi connectivity index (χ2v) is 5.61. The van der Waals surface area contributed by atoms with Crippen LogP contribution in [-0.2, 0) is 0 Å². The summed E-state index contributed by atoms with van der Waals surface area (Å²) >= 11 is 0. The number of aromatic nitrogens is 2. The summed E-state index contributed by atoms with van der Waals surface area (Å²) in [6.45, 7) is 7.41. The van der Waals surface area contributed by atoms with Crippen LogP contribution in [0.25, 0.3) is 22.1 Å². The zero-order valence-electron chi connectivity index (χ0n) is 12.2. The maximum absolute atomic E-state index is 5.94. The molecule has 0 aliphatic carbocycles. The van der Waals surface area contributed by atoms with E-state index in [4.69, 9.17) is 4.42 Å². The summed E-state index contributed by atoms with van der Waals surface area (Å²) in [5, 5.41) is 3.23. The van der Waals surface area contributed by atoms with Crippen molar-refractivity contribution in [3.05, 3.63) is 30.1 Å². The Bertz CT molecular complexity index is 746. The van der Waals surface area contributed by atoms with Crippen molar-refractivity contribution < 1.29 is 9.73 Å². The van der Waals surface area contributed by atoms with Gasteiger partial charge in [0, 0.05) is 5.39 Å². The van der Waals surface area contributed by atoms with Crippen LogP contribution >= 0.6 is 0 Å². The number of para-hydroxylation sites is 1. The smallest absolute Gasteiger partial charge is 0.272 e. The summed E-state index contributed by atoms with van der Waals surface area (Å²) in [6.07, 6.45) is 1.16. The SMILES string of the molecule is Cc1nc([NH2+]CCC(C)C)c2oc3ccccc3c2n1. The minimum Gasteiger partial charge on any atom is -0.446 e. The van der Waals surface area contributed by atoms with E-state index >= 15 is 0 Å². The molecular formula is C16H20N3O+. The Morgan fingerprint density at radius 3 is 2.80 bits per heavy atom. The van der Waals surface area contributed by atoms with E-state index in [1.54, 1.807) is 0 Å². The third-order valence-electron chi connectivity index (χ3n) is 3.44. The molecule has 2 heterocycles. The minimum atomic E-state index is 0.695. The highest BCUT2D eigenvalue weighted by molar-refractivity contribution is 6.04. The molecule has 0 spiro atoms. The van der Waals surface area contributed by atoms with Crippen molar-refractivity contribution >= 4 is 27.9 Å². The van der Waals surface area contributed by atoms with Gasteiger partial charge in [0.1, 0.15) is 16.9 Å². The van der Waals surface area contributed by atoms with Gasteiger partial charge in [-0.1, -0.05) is 26.0 Å². The van der Waals surface area contributed by atoms with Gasteiger partial charge in [0.15, 0.2) is 0 Å². The number of nitrogens with two attached hydrogens (primary N) is 1. The molecule has 3 aromatic rings. The molecule has 0 amide bonds. The third-order valence-corrected chi connectivity index (χ3v) is 3.44. The van der Waals surface area contributed by atoms with Crippen LogP contribution in [0.15, 0.2) is 28.7 Å². The first-order chi connectivity index (χ1) is 9.65. The zero-order valence-corrected chi connectivity index (χ0v) is 12.2. The van der Waals surface area contributed by atoms with Gasteiger partial charge in [0.2, 0.25) is 5.58 Å². The van der Waals surface area contributed by atoms with Crippen LogP contribution in [0.5, 0.6) is 0 Å². The molecule has 0 aliphatic heterocycles. The molecule has 20 heavy (non-hydrogen) atoms. The molecule has 3 rings (SSSR count). The molecular weight excluding hydrogens is 250 g/mol. The monoisotopic (exact) mass is 270 g/mol. The van der Waals surface area contributed by atoms with Crippen molar-refractivity contribution in [2.45, 2.75) is 27.2 Å². The Balaban J connectivity index is 2.07. The van der Waals surface area contributed by atoms with Crippen LogP contribution in [0.4, 0.5) is 5.82 Å². The molecule has 2 N–H and O–H groups in total. The standard InChI is InChI=1S/C16H19N3O/c1-10(2)8-9-17-16-15-14(18-11(3)19-16)12-6-4-5-7-13(12)20-15/h4-7,10H,8-9H2,1-3H3,(H,17,18,19)/p+1. The van der Waals surface area contributed by atoms with Crippen LogP contribution in [0.3, 0.4) is 0 Å². The third kappa shape index (κ3) is 2.39. The number of furan rings is 1. The van der Waals surface area contributed by atoms with Gasteiger partial charge in [-0.3, -0.25) is 5.32 Å². The highest BCUT2D eigenvalue weighted by Crippen LogP contribution is 2.29. The second-order valence-electron chi connectivity index (χ2n) is 5.61. The van der Waals surface area contributed by atoms with Crippen molar-refractivity contribution in [1.82, 2.24) is 9.97 Å². The lowest BCUT2D eigenvalue weighted by Gasteiger charge is -2.03. The molecule has 1 aromatic carbocycles. The van der Waals surface area contributed by atoms with E-state index < -0.39 is 0 Å². The largest absolute Gasteiger partial charge is 0.446 e. The Hall–Kier alpha value is -1.94. The predicted molar refractivity (Wildman–Crippen MR) is 80.0 cm³/mol. The summed E-state index contributed by atoms with van der Waals surface area (Å²) in [5.74, 6) is 2.41. The van der Waals surface area contributed by atoms with Gasteiger partial charge in [0.05, 0.1) is 6.54 Å². The fourth-order valence-corrected chi connectivity index (χ4v) is 2.42. The quantitative estimate of drug-likeness (QED) is 0.793. The lowest BCUT2D eigenvalue weighted by Crippen LogP contribution is -2.78. The van der Waals surface area contributed by atoms with E-state index in [0.29, 0.717) is 5.92 Å². The fourth-order valence-electron chi connectivity index (χ4n) is 2.42. The molecule has 2 aromatic heterocycles. The molecule has 0 fully saturated rings. The maximum Gasteiger partial charge on any atom is 0.272 e. The Kier molecular flexibility index (Phi) is 3.40. The Morgan fingerprint density at radius 2 is 2.00 bits per heavy atom. The summed E-state index contributed by atoms with van der Waals surface area (Å²) in [4.78, 5) is 9.08. The molecule has 0 unspecified atom stereocenters. The highest BCUT2D eigenvalue weighted by atomic mass is 16.3. The van der Waals surface area contributed by atoms with E-state index in [9.17, 15) is 0 Å². The van der Waals surface area contributed by atoms with Crippen molar-refractivity contribution in [3.8, 4) is 0 Å². The molecule has 0 saturated carbocycles. The lowest BCUT2D eigenvalue weighted by atomic mass is 10.1. The lowest BCUT2D eigenvalue weighted by molar-refractivity contribution is -0.575. The number of benzene rings is 1. The van der Waals surface area contributed by atoms with Crippen LogP contribution < -0.4 is 5.32 Å². The highest BCUT2D eigenvalue weighted by Gasteiger charge is 2.16. The van der Waals surface area contributed by atoms with Gasteiger partial charge in [-0.15, -0.1) is 0 Å². The van der Waals surface area contributed by atoms with Crippen molar-refractivity contribution in [2.75, 3.05) is 6.54 Å². The molecule has 0 aliphatic rings. The van der Waals surface area contributed by atoms with Crippen LogP contribution in [-0.4, -0.2) is 16.5 Å². The van der Waals surface area contributed by atoms with E-state index in [1.165, 1.54) is 0 Å². The first-order valence-electron chi connectivity index (χ1n) is 7.14. The molecule has 104 valence electrons. The zero-order chi connectivity index (χ0) is 14.1. The molecule has 0 atom stereocenters. The van der Waals surface area contributed by atoms with Gasteiger partial charge >= 0.3 is 0 Å². The Morgan fingerprint density at radius 1 is 1.20 bits per heavy atom. The van der Waals surface area contributed by atoms with Crippen LogP contribution in [0.2, 0.25) is 0 Å². The van der Waals surface area contributed by atoms with Gasteiger partial charge < -0.3 is 4.42 Å². The molecule has 0 saturated heterocycles. The number of hydrogen-bond donors (Lipinski definition) is 1. The summed E-state index contributed by atoms with van der Waals surface area (Å²) in [5.41, 5.74) is 2.60. The second kappa shape index (κ2) is 5.21. The number of nitrogens with zero attached hydrogens (tertiary/aromatic N) is 2. The van der Waals surface area contributed by atoms with E-state index in [-0.39, 0.29) is 0 Å². The van der Waals surface area contributed by atoms with Crippen molar-refractivity contribution in [1.29, 1.82) is 0 Å². The van der Waals surface area contributed by atoms with Crippen molar-refractivity contribution in [2.24, 2.45) is 5.92 Å². The topological polar surface area (TPSA) is 55.5 Å². The molecule has 0 bridgehead atoms. The van der Waals surface area contributed by atoms with Gasteiger partial charge in [-0.2, -0.15) is 4.98 Å². The number of quaternary nitrogens is 1. The predicted octanol–water partition coefficient (Wildman–Crippen LogP) is 2.93. The van der Waals surface area contributed by atoms with Gasteiger partial charge in [-0.05, 0) is 31.4 Å².